The molecule has 0 aliphatic rings. The van der Waals surface area contributed by atoms with Crippen LogP contribution < -0.4 is 5.32 Å². The van der Waals surface area contributed by atoms with E-state index in [4.69, 9.17) is 11.6 Å². The van der Waals surface area contributed by atoms with Gasteiger partial charge in [0.25, 0.3) is 5.91 Å². The molecule has 0 radical (unpaired) electrons. The number of phenolic OH excluding ortho intramolecular Hbond substituents is 1. The van der Waals surface area contributed by atoms with Crippen LogP contribution in [-0.2, 0) is 6.42 Å². The number of carbonyl (C=O) groups excluding carboxylic acids is 1. The highest BCUT2D eigenvalue weighted by Crippen LogP contribution is 2.22. The molecule has 0 saturated heterocycles. The number of halogens is 1. The molecular formula is C17H15ClN2O2. The Kier molecular flexibility index (Phi) is 4.02. The van der Waals surface area contributed by atoms with E-state index < -0.39 is 0 Å². The zero-order valence-corrected chi connectivity index (χ0v) is 12.5. The molecule has 1 amide bonds. The first-order valence-electron chi connectivity index (χ1n) is 6.97. The van der Waals surface area contributed by atoms with Crippen molar-refractivity contribution < 1.29 is 9.90 Å². The molecule has 0 unspecified atom stereocenters. The molecule has 0 spiro atoms. The number of para-hydroxylation sites is 1. The van der Waals surface area contributed by atoms with Gasteiger partial charge in [-0.3, -0.25) is 4.79 Å². The number of hydrogen-bond donors (Lipinski definition) is 3. The Labute approximate surface area is 132 Å². The smallest absolute Gasteiger partial charge is 0.255 e. The van der Waals surface area contributed by atoms with Crippen molar-refractivity contribution in [3.05, 3.63) is 64.8 Å². The number of phenols is 1. The zero-order chi connectivity index (χ0) is 15.5. The summed E-state index contributed by atoms with van der Waals surface area (Å²) in [5, 5.41) is 14.2. The molecule has 2 aromatic carbocycles. The van der Waals surface area contributed by atoms with Gasteiger partial charge in [0.05, 0.1) is 5.56 Å². The van der Waals surface area contributed by atoms with Crippen LogP contribution in [0, 0.1) is 0 Å². The predicted molar refractivity (Wildman–Crippen MR) is 87.5 cm³/mol. The van der Waals surface area contributed by atoms with Gasteiger partial charge in [0, 0.05) is 28.7 Å². The fraction of sp³-hybridized carbons (Fsp3) is 0.118. The van der Waals surface area contributed by atoms with Gasteiger partial charge in [0.15, 0.2) is 0 Å². The number of fused-ring (bicyclic) bond motifs is 1. The third-order valence-electron chi connectivity index (χ3n) is 3.56. The summed E-state index contributed by atoms with van der Waals surface area (Å²) >= 11 is 6.02. The summed E-state index contributed by atoms with van der Waals surface area (Å²) < 4.78 is 0. The molecule has 0 aliphatic heterocycles. The van der Waals surface area contributed by atoms with Crippen molar-refractivity contribution in [2.75, 3.05) is 6.54 Å². The molecule has 22 heavy (non-hydrogen) atoms. The van der Waals surface area contributed by atoms with Gasteiger partial charge in [-0.15, -0.1) is 0 Å². The summed E-state index contributed by atoms with van der Waals surface area (Å²) in [5.41, 5.74) is 2.39. The largest absolute Gasteiger partial charge is 0.507 e. The van der Waals surface area contributed by atoms with E-state index in [1.54, 1.807) is 18.2 Å². The lowest BCUT2D eigenvalue weighted by Gasteiger charge is -2.06. The number of aromatic hydroxyl groups is 1. The van der Waals surface area contributed by atoms with Gasteiger partial charge in [0.1, 0.15) is 5.75 Å². The van der Waals surface area contributed by atoms with E-state index in [0.29, 0.717) is 18.0 Å². The first-order chi connectivity index (χ1) is 10.6. The first kappa shape index (κ1) is 14.5. The molecule has 3 N–H and O–H groups in total. The first-order valence-corrected chi connectivity index (χ1v) is 7.34. The van der Waals surface area contributed by atoms with E-state index in [9.17, 15) is 9.90 Å². The van der Waals surface area contributed by atoms with Crippen LogP contribution in [0.15, 0.2) is 48.7 Å². The number of aromatic amines is 1. The van der Waals surface area contributed by atoms with Gasteiger partial charge in [-0.2, -0.15) is 0 Å². The van der Waals surface area contributed by atoms with Crippen LogP contribution in [0.3, 0.4) is 0 Å². The molecule has 1 aromatic heterocycles. The van der Waals surface area contributed by atoms with E-state index in [1.807, 2.05) is 24.4 Å². The number of nitrogens with one attached hydrogen (secondary N) is 2. The monoisotopic (exact) mass is 314 g/mol. The molecule has 0 atom stereocenters. The highest BCUT2D eigenvalue weighted by atomic mass is 35.5. The average Bonchev–Trinajstić information content (AvgIpc) is 2.90. The second-order valence-corrected chi connectivity index (χ2v) is 5.46. The van der Waals surface area contributed by atoms with Crippen molar-refractivity contribution in [3.63, 3.8) is 0 Å². The van der Waals surface area contributed by atoms with Crippen molar-refractivity contribution in [2.24, 2.45) is 0 Å². The van der Waals surface area contributed by atoms with Crippen LogP contribution in [0.25, 0.3) is 10.9 Å². The SMILES string of the molecule is O=C(NCCc1c[nH]c2ccc(Cl)cc12)c1ccccc1O. The molecule has 5 heteroatoms. The van der Waals surface area contributed by atoms with Crippen LogP contribution in [-0.4, -0.2) is 22.5 Å². The molecule has 3 rings (SSSR count). The number of hydrogen-bond acceptors (Lipinski definition) is 2. The maximum atomic E-state index is 12.0. The fourth-order valence-corrected chi connectivity index (χ4v) is 2.60. The van der Waals surface area contributed by atoms with E-state index in [0.717, 1.165) is 16.5 Å². The van der Waals surface area contributed by atoms with Crippen molar-refractivity contribution >= 4 is 28.4 Å². The Hall–Kier alpha value is -2.46. The Bertz CT molecular complexity index is 826. The van der Waals surface area contributed by atoms with Crippen molar-refractivity contribution in [1.82, 2.24) is 10.3 Å². The van der Waals surface area contributed by atoms with Crippen molar-refractivity contribution in [2.45, 2.75) is 6.42 Å². The van der Waals surface area contributed by atoms with Crippen LogP contribution in [0.1, 0.15) is 15.9 Å². The second-order valence-electron chi connectivity index (χ2n) is 5.03. The van der Waals surface area contributed by atoms with E-state index in [1.165, 1.54) is 6.07 Å². The molecular weight excluding hydrogens is 300 g/mol. The molecule has 4 nitrogen and oxygen atoms in total. The standard InChI is InChI=1S/C17H15ClN2O2/c18-12-5-6-15-14(9-12)11(10-20-15)7-8-19-17(22)13-3-1-2-4-16(13)21/h1-6,9-10,20-21H,7-8H2,(H,19,22). The lowest BCUT2D eigenvalue weighted by atomic mass is 10.1. The molecule has 3 aromatic rings. The van der Waals surface area contributed by atoms with Crippen LogP contribution >= 0.6 is 11.6 Å². The second kappa shape index (κ2) is 6.12. The molecule has 1 heterocycles. The van der Waals surface area contributed by atoms with Gasteiger partial charge < -0.3 is 15.4 Å². The minimum atomic E-state index is -0.282. The third kappa shape index (κ3) is 2.92. The summed E-state index contributed by atoms with van der Waals surface area (Å²) in [6, 6.07) is 12.2. The summed E-state index contributed by atoms with van der Waals surface area (Å²) in [6.07, 6.45) is 2.60. The summed E-state index contributed by atoms with van der Waals surface area (Å²) in [6.45, 7) is 0.479. The number of carbonyl (C=O) groups is 1. The molecule has 0 aliphatic carbocycles. The number of H-pyrrole nitrogens is 1. The van der Waals surface area contributed by atoms with Gasteiger partial charge in [-0.05, 0) is 42.3 Å². The summed E-state index contributed by atoms with van der Waals surface area (Å²) in [7, 11) is 0. The maximum absolute atomic E-state index is 12.0. The van der Waals surface area contributed by atoms with Crippen LogP contribution in [0.5, 0.6) is 5.75 Å². The van der Waals surface area contributed by atoms with Crippen molar-refractivity contribution in [3.8, 4) is 5.75 Å². The number of aromatic nitrogens is 1. The minimum Gasteiger partial charge on any atom is -0.507 e. The van der Waals surface area contributed by atoms with Gasteiger partial charge in [-0.25, -0.2) is 0 Å². The molecule has 112 valence electrons. The van der Waals surface area contributed by atoms with Gasteiger partial charge in [0.2, 0.25) is 0 Å². The summed E-state index contributed by atoms with van der Waals surface area (Å²) in [5.74, 6) is -0.296. The van der Waals surface area contributed by atoms with E-state index >= 15 is 0 Å². The average molecular weight is 315 g/mol. The van der Waals surface area contributed by atoms with Gasteiger partial charge in [-0.1, -0.05) is 23.7 Å². The zero-order valence-electron chi connectivity index (χ0n) is 11.8. The lowest BCUT2D eigenvalue weighted by molar-refractivity contribution is 0.0951. The van der Waals surface area contributed by atoms with Crippen LogP contribution in [0.2, 0.25) is 5.02 Å². The highest BCUT2D eigenvalue weighted by molar-refractivity contribution is 6.31. The normalized spacial score (nSPS) is 10.8. The molecule has 0 saturated carbocycles. The lowest BCUT2D eigenvalue weighted by Crippen LogP contribution is -2.25. The van der Waals surface area contributed by atoms with Gasteiger partial charge >= 0.3 is 0 Å². The predicted octanol–water partition coefficient (Wildman–Crippen LogP) is 3.50. The Morgan fingerprint density at radius 3 is 2.86 bits per heavy atom. The quantitative estimate of drug-likeness (QED) is 0.690. The fourth-order valence-electron chi connectivity index (χ4n) is 2.43. The van der Waals surface area contributed by atoms with Crippen LogP contribution in [0.4, 0.5) is 0 Å². The van der Waals surface area contributed by atoms with E-state index in [-0.39, 0.29) is 17.2 Å². The van der Waals surface area contributed by atoms with E-state index in [2.05, 4.69) is 10.3 Å². The molecule has 0 fully saturated rings. The number of rotatable bonds is 4. The molecule has 0 bridgehead atoms. The minimum absolute atomic E-state index is 0.0149. The summed E-state index contributed by atoms with van der Waals surface area (Å²) in [4.78, 5) is 15.2. The topological polar surface area (TPSA) is 65.1 Å². The third-order valence-corrected chi connectivity index (χ3v) is 3.79. The number of amides is 1. The Balaban J connectivity index is 1.66. The highest BCUT2D eigenvalue weighted by Gasteiger charge is 2.10. The Morgan fingerprint density at radius 2 is 2.05 bits per heavy atom. The van der Waals surface area contributed by atoms with Crippen molar-refractivity contribution in [1.29, 1.82) is 0 Å². The Morgan fingerprint density at radius 1 is 1.23 bits per heavy atom. The maximum Gasteiger partial charge on any atom is 0.255 e. The number of benzene rings is 2.